The summed E-state index contributed by atoms with van der Waals surface area (Å²) in [4.78, 5) is 36.6. The van der Waals surface area contributed by atoms with E-state index >= 15 is 0 Å². The zero-order chi connectivity index (χ0) is 15.6. The smallest absolute Gasteiger partial charge is 0.244 e. The zero-order valence-electron chi connectivity index (χ0n) is 12.2. The lowest BCUT2D eigenvalue weighted by atomic mass is 9.98. The van der Waals surface area contributed by atoms with Crippen LogP contribution in [0.15, 0.2) is 18.2 Å². The van der Waals surface area contributed by atoms with Gasteiger partial charge in [-0.3, -0.25) is 19.3 Å². The van der Waals surface area contributed by atoms with E-state index in [1.165, 1.54) is 0 Å². The number of nitrogens with two attached hydrogens (primary N) is 1. The maximum Gasteiger partial charge on any atom is 0.244 e. The van der Waals surface area contributed by atoms with E-state index in [-0.39, 0.29) is 24.3 Å². The Morgan fingerprint density at radius 1 is 1.33 bits per heavy atom. The molecule has 2 rings (SSSR count). The van der Waals surface area contributed by atoms with Crippen molar-refractivity contribution >= 4 is 29.1 Å². The minimum absolute atomic E-state index is 0.0428. The van der Waals surface area contributed by atoms with E-state index in [1.54, 1.807) is 18.2 Å². The summed E-state index contributed by atoms with van der Waals surface area (Å²) in [5.41, 5.74) is 7.81. The Balaban J connectivity index is 1.99. The molecule has 0 saturated carbocycles. The molecule has 0 aliphatic carbocycles. The van der Waals surface area contributed by atoms with Crippen LogP contribution < -0.4 is 11.1 Å². The third-order valence-electron chi connectivity index (χ3n) is 3.51. The number of amides is 3. The Morgan fingerprint density at radius 2 is 1.95 bits per heavy atom. The second kappa shape index (κ2) is 5.95. The highest BCUT2D eigenvalue weighted by atomic mass is 16.2. The van der Waals surface area contributed by atoms with Gasteiger partial charge in [-0.25, -0.2) is 0 Å². The van der Waals surface area contributed by atoms with Crippen LogP contribution >= 0.6 is 0 Å². The lowest BCUT2D eigenvalue weighted by Crippen LogP contribution is -2.46. The first-order chi connectivity index (χ1) is 9.86. The monoisotopic (exact) mass is 289 g/mol. The van der Waals surface area contributed by atoms with Gasteiger partial charge >= 0.3 is 0 Å². The van der Waals surface area contributed by atoms with Crippen LogP contribution in [0.25, 0.3) is 0 Å². The second-order valence-corrected chi connectivity index (χ2v) is 5.51. The van der Waals surface area contributed by atoms with Crippen LogP contribution in [0.2, 0.25) is 0 Å². The summed E-state index contributed by atoms with van der Waals surface area (Å²) in [6.07, 6.45) is 0.604. The molecule has 0 aromatic heterocycles. The van der Waals surface area contributed by atoms with Crippen molar-refractivity contribution in [3.8, 4) is 0 Å². The summed E-state index contributed by atoms with van der Waals surface area (Å²) in [7, 11) is 0. The van der Waals surface area contributed by atoms with Crippen LogP contribution in [0, 0.1) is 12.8 Å². The third-order valence-corrected chi connectivity index (χ3v) is 3.51. The van der Waals surface area contributed by atoms with E-state index in [9.17, 15) is 14.4 Å². The molecule has 1 aliphatic heterocycles. The molecule has 0 spiro atoms. The summed E-state index contributed by atoms with van der Waals surface area (Å²) < 4.78 is 0. The Bertz CT molecular complexity index is 580. The molecule has 0 radical (unpaired) electrons. The largest absolute Gasteiger partial charge is 0.398 e. The fourth-order valence-corrected chi connectivity index (χ4v) is 2.27. The molecule has 6 nitrogen and oxygen atoms in total. The van der Waals surface area contributed by atoms with Gasteiger partial charge in [0, 0.05) is 24.2 Å². The van der Waals surface area contributed by atoms with Crippen LogP contribution in [0.4, 0.5) is 11.4 Å². The van der Waals surface area contributed by atoms with E-state index in [0.717, 1.165) is 10.5 Å². The van der Waals surface area contributed by atoms with Gasteiger partial charge in [0.2, 0.25) is 17.7 Å². The molecule has 0 unspecified atom stereocenters. The number of piperidine rings is 1. The molecular formula is C15H19N3O3. The fraction of sp³-hybridized carbons (Fsp3) is 0.400. The van der Waals surface area contributed by atoms with Gasteiger partial charge < -0.3 is 11.1 Å². The van der Waals surface area contributed by atoms with Gasteiger partial charge in [0.1, 0.15) is 6.54 Å². The van der Waals surface area contributed by atoms with E-state index < -0.39 is 5.91 Å². The number of carbonyl (C=O) groups is 3. The van der Waals surface area contributed by atoms with E-state index in [0.29, 0.717) is 24.2 Å². The van der Waals surface area contributed by atoms with Gasteiger partial charge in [-0.05, 0) is 30.5 Å². The summed E-state index contributed by atoms with van der Waals surface area (Å²) in [6, 6.07) is 5.17. The first-order valence-corrected chi connectivity index (χ1v) is 6.86. The summed E-state index contributed by atoms with van der Waals surface area (Å²) in [5, 5.41) is 2.64. The molecule has 112 valence electrons. The number of nitrogen functional groups attached to an aromatic ring is 1. The molecular weight excluding hydrogens is 270 g/mol. The van der Waals surface area contributed by atoms with Gasteiger partial charge in [-0.15, -0.1) is 0 Å². The number of rotatable bonds is 3. The van der Waals surface area contributed by atoms with Gasteiger partial charge in [0.25, 0.3) is 0 Å². The van der Waals surface area contributed by atoms with Crippen LogP contribution in [0.3, 0.4) is 0 Å². The molecule has 3 amide bonds. The van der Waals surface area contributed by atoms with E-state index in [1.807, 2.05) is 13.8 Å². The molecule has 0 bridgehead atoms. The van der Waals surface area contributed by atoms with Crippen molar-refractivity contribution in [1.82, 2.24) is 4.90 Å². The molecule has 1 aliphatic rings. The van der Waals surface area contributed by atoms with Crippen molar-refractivity contribution in [1.29, 1.82) is 0 Å². The minimum atomic E-state index is -0.408. The first kappa shape index (κ1) is 15.0. The molecule has 21 heavy (non-hydrogen) atoms. The predicted molar refractivity (Wildman–Crippen MR) is 79.3 cm³/mol. The molecule has 1 fully saturated rings. The van der Waals surface area contributed by atoms with Crippen LogP contribution in [0.1, 0.15) is 25.3 Å². The number of nitrogens with zero attached hydrogens (tertiary/aromatic N) is 1. The van der Waals surface area contributed by atoms with Crippen LogP contribution in [0.5, 0.6) is 0 Å². The average molecular weight is 289 g/mol. The highest BCUT2D eigenvalue weighted by Gasteiger charge is 2.31. The highest BCUT2D eigenvalue weighted by Crippen LogP contribution is 2.19. The average Bonchev–Trinajstić information content (AvgIpc) is 2.38. The van der Waals surface area contributed by atoms with Crippen LogP contribution in [-0.4, -0.2) is 29.2 Å². The van der Waals surface area contributed by atoms with Crippen LogP contribution in [-0.2, 0) is 14.4 Å². The molecule has 1 saturated heterocycles. The second-order valence-electron chi connectivity index (χ2n) is 5.51. The number of likely N-dealkylation sites (tertiary alicyclic amines) is 1. The number of hydrogen-bond acceptors (Lipinski definition) is 4. The molecule has 1 heterocycles. The lowest BCUT2D eigenvalue weighted by Gasteiger charge is -2.27. The Labute approximate surface area is 123 Å². The van der Waals surface area contributed by atoms with Crippen molar-refractivity contribution in [2.45, 2.75) is 26.7 Å². The maximum absolute atomic E-state index is 12.0. The number of hydrogen-bond donors (Lipinski definition) is 2. The van der Waals surface area contributed by atoms with Gasteiger partial charge in [-0.1, -0.05) is 13.0 Å². The number of imide groups is 1. The number of benzene rings is 1. The molecule has 1 aromatic carbocycles. The number of anilines is 2. The van der Waals surface area contributed by atoms with Crippen molar-refractivity contribution in [2.75, 3.05) is 17.6 Å². The quantitative estimate of drug-likeness (QED) is 0.648. The van der Waals surface area contributed by atoms with E-state index in [2.05, 4.69) is 5.32 Å². The number of nitrogens with one attached hydrogen (secondary N) is 1. The topological polar surface area (TPSA) is 92.5 Å². The summed E-state index contributed by atoms with van der Waals surface area (Å²) in [6.45, 7) is 3.47. The Kier molecular flexibility index (Phi) is 4.26. The Hall–Kier alpha value is -2.37. The number of aryl methyl sites for hydroxylation is 1. The van der Waals surface area contributed by atoms with Gasteiger partial charge in [0.05, 0.1) is 0 Å². The third kappa shape index (κ3) is 3.59. The maximum atomic E-state index is 12.0. The van der Waals surface area contributed by atoms with Gasteiger partial charge in [-0.2, -0.15) is 0 Å². The molecule has 1 aromatic rings. The normalized spacial score (nSPS) is 16.2. The molecule has 0 atom stereocenters. The van der Waals surface area contributed by atoms with Gasteiger partial charge in [0.15, 0.2) is 0 Å². The molecule has 3 N–H and O–H groups in total. The molecule has 6 heteroatoms. The van der Waals surface area contributed by atoms with Crippen molar-refractivity contribution in [3.63, 3.8) is 0 Å². The van der Waals surface area contributed by atoms with Crippen molar-refractivity contribution in [2.24, 2.45) is 5.92 Å². The number of carbonyl (C=O) groups excluding carboxylic acids is 3. The standard InChI is InChI=1S/C15H19N3O3/c1-9-5-14(20)18(15(21)6-9)8-13(19)17-11-4-3-10(2)12(16)7-11/h3-4,7,9H,5-6,8,16H2,1-2H3,(H,17,19). The minimum Gasteiger partial charge on any atom is -0.398 e. The Morgan fingerprint density at radius 3 is 2.52 bits per heavy atom. The lowest BCUT2D eigenvalue weighted by molar-refractivity contribution is -0.151. The SMILES string of the molecule is Cc1ccc(NC(=O)CN2C(=O)CC(C)CC2=O)cc1N. The van der Waals surface area contributed by atoms with E-state index in [4.69, 9.17) is 5.73 Å². The fourth-order valence-electron chi connectivity index (χ4n) is 2.27. The highest BCUT2D eigenvalue weighted by molar-refractivity contribution is 6.03. The summed E-state index contributed by atoms with van der Waals surface area (Å²) >= 11 is 0. The predicted octanol–water partition coefficient (Wildman–Crippen LogP) is 1.30. The van der Waals surface area contributed by atoms with Crippen molar-refractivity contribution < 1.29 is 14.4 Å². The zero-order valence-corrected chi connectivity index (χ0v) is 12.2. The van der Waals surface area contributed by atoms with Crippen molar-refractivity contribution in [3.05, 3.63) is 23.8 Å². The summed E-state index contributed by atoms with van der Waals surface area (Å²) in [5.74, 6) is -0.953. The first-order valence-electron chi connectivity index (χ1n) is 6.86.